The molecule has 0 saturated heterocycles. The number of nitrogens with one attached hydrogen (secondary N) is 1. The molecule has 1 aromatic rings. The first-order chi connectivity index (χ1) is 7.28. The molecule has 0 aliphatic heterocycles. The van der Waals surface area contributed by atoms with Crippen molar-refractivity contribution in [2.75, 3.05) is 6.61 Å². The smallest absolute Gasteiger partial charge is 0.188 e. The van der Waals surface area contributed by atoms with Gasteiger partial charge in [-0.15, -0.1) is 10.2 Å². The second kappa shape index (κ2) is 4.67. The third kappa shape index (κ3) is 2.73. The van der Waals surface area contributed by atoms with Gasteiger partial charge in [0.2, 0.25) is 0 Å². The monoisotopic (exact) mass is 211 g/mol. The Morgan fingerprint density at radius 3 is 2.93 bits per heavy atom. The number of rotatable bonds is 5. The van der Waals surface area contributed by atoms with E-state index in [9.17, 15) is 0 Å². The van der Waals surface area contributed by atoms with E-state index < -0.39 is 0 Å². The number of ether oxygens (including phenoxy) is 1. The fraction of sp³-hybridized carbons (Fsp3) is 0.889. The van der Waals surface area contributed by atoms with E-state index in [-0.39, 0.29) is 0 Å². The number of hydrogen-bond donors (Lipinski definition) is 1. The fourth-order valence-electron chi connectivity index (χ4n) is 1.73. The van der Waals surface area contributed by atoms with Gasteiger partial charge in [-0.1, -0.05) is 0 Å². The van der Waals surface area contributed by atoms with Gasteiger partial charge in [0.25, 0.3) is 0 Å². The molecule has 6 heteroatoms. The highest BCUT2D eigenvalue weighted by atomic mass is 16.5. The van der Waals surface area contributed by atoms with Gasteiger partial charge in [-0.2, -0.15) is 4.80 Å². The maximum atomic E-state index is 5.48. The Morgan fingerprint density at radius 1 is 1.53 bits per heavy atom. The summed E-state index contributed by atoms with van der Waals surface area (Å²) in [6.45, 7) is 3.53. The van der Waals surface area contributed by atoms with Gasteiger partial charge in [0, 0.05) is 12.6 Å². The molecule has 1 aliphatic carbocycles. The number of tetrazole rings is 1. The van der Waals surface area contributed by atoms with Crippen LogP contribution in [-0.4, -0.2) is 39.0 Å². The van der Waals surface area contributed by atoms with Gasteiger partial charge in [0.1, 0.15) is 0 Å². The Bertz CT molecular complexity index is 307. The normalized spacial score (nSPS) is 25.2. The summed E-state index contributed by atoms with van der Waals surface area (Å²) in [6.07, 6.45) is 2.63. The van der Waals surface area contributed by atoms with Crippen LogP contribution in [-0.2, 0) is 18.3 Å². The van der Waals surface area contributed by atoms with Crippen LogP contribution in [0.2, 0.25) is 0 Å². The van der Waals surface area contributed by atoms with Crippen LogP contribution in [0.1, 0.15) is 25.6 Å². The Balaban J connectivity index is 1.64. The molecule has 1 aromatic heterocycles. The molecule has 2 rings (SSSR count). The number of aromatic nitrogens is 4. The molecule has 0 bridgehead atoms. The van der Waals surface area contributed by atoms with Crippen molar-refractivity contribution in [3.8, 4) is 0 Å². The summed E-state index contributed by atoms with van der Waals surface area (Å²) in [6, 6.07) is 0.547. The Hall–Kier alpha value is -1.01. The van der Waals surface area contributed by atoms with Crippen molar-refractivity contribution in [1.29, 1.82) is 0 Å². The van der Waals surface area contributed by atoms with E-state index in [1.165, 1.54) is 4.80 Å². The van der Waals surface area contributed by atoms with Crippen LogP contribution in [0.25, 0.3) is 0 Å². The molecule has 6 nitrogen and oxygen atoms in total. The molecule has 1 saturated carbocycles. The van der Waals surface area contributed by atoms with Crippen molar-refractivity contribution in [2.24, 2.45) is 7.05 Å². The Morgan fingerprint density at radius 2 is 2.33 bits per heavy atom. The minimum absolute atomic E-state index is 0.447. The van der Waals surface area contributed by atoms with Gasteiger partial charge in [0.05, 0.1) is 19.7 Å². The lowest BCUT2D eigenvalue weighted by Crippen LogP contribution is -2.45. The molecule has 1 aliphatic rings. The largest absolute Gasteiger partial charge is 0.378 e. The first-order valence-electron chi connectivity index (χ1n) is 5.35. The summed E-state index contributed by atoms with van der Waals surface area (Å²) in [5.74, 6) is 0.748. The maximum absolute atomic E-state index is 5.48. The summed E-state index contributed by atoms with van der Waals surface area (Å²) in [5.41, 5.74) is 0. The lowest BCUT2D eigenvalue weighted by molar-refractivity contribution is -0.0103. The van der Waals surface area contributed by atoms with Crippen molar-refractivity contribution in [1.82, 2.24) is 25.5 Å². The van der Waals surface area contributed by atoms with Crippen LogP contribution >= 0.6 is 0 Å². The predicted molar refractivity (Wildman–Crippen MR) is 54.1 cm³/mol. The SMILES string of the molecule is CCOC1CC(NCc2nnn(C)n2)C1. The zero-order valence-electron chi connectivity index (χ0n) is 9.18. The molecular formula is C9H17N5O. The molecule has 1 fully saturated rings. The molecule has 0 amide bonds. The van der Waals surface area contributed by atoms with Crippen molar-refractivity contribution in [2.45, 2.75) is 38.5 Å². The molecule has 0 atom stereocenters. The van der Waals surface area contributed by atoms with E-state index in [0.29, 0.717) is 18.7 Å². The molecule has 0 radical (unpaired) electrons. The van der Waals surface area contributed by atoms with E-state index in [1.54, 1.807) is 7.05 Å². The van der Waals surface area contributed by atoms with Gasteiger partial charge < -0.3 is 10.1 Å². The van der Waals surface area contributed by atoms with Crippen LogP contribution in [0, 0.1) is 0 Å². The van der Waals surface area contributed by atoms with Crippen molar-refractivity contribution in [3.63, 3.8) is 0 Å². The van der Waals surface area contributed by atoms with Gasteiger partial charge in [0.15, 0.2) is 5.82 Å². The standard InChI is InChI=1S/C9H17N5O/c1-3-15-8-4-7(5-8)10-6-9-11-13-14(2)12-9/h7-8,10H,3-6H2,1-2H3. The van der Waals surface area contributed by atoms with E-state index in [0.717, 1.165) is 25.3 Å². The van der Waals surface area contributed by atoms with Crippen LogP contribution in [0.5, 0.6) is 0 Å². The molecule has 1 N–H and O–H groups in total. The summed E-state index contributed by atoms with van der Waals surface area (Å²) in [5, 5.41) is 15.2. The summed E-state index contributed by atoms with van der Waals surface area (Å²) in [4.78, 5) is 1.47. The van der Waals surface area contributed by atoms with E-state index in [4.69, 9.17) is 4.74 Å². The fourth-order valence-corrected chi connectivity index (χ4v) is 1.73. The molecule has 0 aromatic carbocycles. The van der Waals surface area contributed by atoms with Gasteiger partial charge >= 0.3 is 0 Å². The average Bonchev–Trinajstić information content (AvgIpc) is 2.55. The topological polar surface area (TPSA) is 64.9 Å². The van der Waals surface area contributed by atoms with Crippen LogP contribution in [0.15, 0.2) is 0 Å². The lowest BCUT2D eigenvalue weighted by atomic mass is 9.89. The molecular weight excluding hydrogens is 194 g/mol. The van der Waals surface area contributed by atoms with Crippen molar-refractivity contribution in [3.05, 3.63) is 5.82 Å². The number of hydrogen-bond acceptors (Lipinski definition) is 5. The maximum Gasteiger partial charge on any atom is 0.188 e. The summed E-state index contributed by atoms with van der Waals surface area (Å²) < 4.78 is 5.48. The second-order valence-electron chi connectivity index (χ2n) is 3.82. The van der Waals surface area contributed by atoms with Gasteiger partial charge in [-0.25, -0.2) is 0 Å². The van der Waals surface area contributed by atoms with Crippen LogP contribution in [0.3, 0.4) is 0 Å². The lowest BCUT2D eigenvalue weighted by Gasteiger charge is -2.35. The molecule has 0 spiro atoms. The summed E-state index contributed by atoms with van der Waals surface area (Å²) >= 11 is 0. The van der Waals surface area contributed by atoms with E-state index in [2.05, 4.69) is 20.7 Å². The van der Waals surface area contributed by atoms with Gasteiger partial charge in [-0.05, 0) is 25.0 Å². The second-order valence-corrected chi connectivity index (χ2v) is 3.82. The number of aryl methyl sites for hydroxylation is 1. The van der Waals surface area contributed by atoms with Crippen LogP contribution in [0.4, 0.5) is 0 Å². The zero-order valence-corrected chi connectivity index (χ0v) is 9.18. The minimum atomic E-state index is 0.447. The first kappa shape index (κ1) is 10.5. The highest BCUT2D eigenvalue weighted by molar-refractivity contribution is 4.88. The van der Waals surface area contributed by atoms with E-state index >= 15 is 0 Å². The molecule has 84 valence electrons. The van der Waals surface area contributed by atoms with Crippen molar-refractivity contribution < 1.29 is 4.74 Å². The minimum Gasteiger partial charge on any atom is -0.378 e. The van der Waals surface area contributed by atoms with Gasteiger partial charge in [-0.3, -0.25) is 0 Å². The third-order valence-corrected chi connectivity index (χ3v) is 2.60. The highest BCUT2D eigenvalue weighted by Crippen LogP contribution is 2.23. The van der Waals surface area contributed by atoms with Crippen molar-refractivity contribution >= 4 is 0 Å². The molecule has 15 heavy (non-hydrogen) atoms. The first-order valence-corrected chi connectivity index (χ1v) is 5.35. The molecule has 1 heterocycles. The van der Waals surface area contributed by atoms with E-state index in [1.807, 2.05) is 6.92 Å². The molecule has 0 unspecified atom stereocenters. The Kier molecular flexibility index (Phi) is 3.27. The van der Waals surface area contributed by atoms with Crippen LogP contribution < -0.4 is 5.32 Å². The highest BCUT2D eigenvalue weighted by Gasteiger charge is 2.29. The number of nitrogens with zero attached hydrogens (tertiary/aromatic N) is 4. The zero-order chi connectivity index (χ0) is 10.7. The average molecular weight is 211 g/mol. The summed E-state index contributed by atoms with van der Waals surface area (Å²) in [7, 11) is 1.77. The predicted octanol–water partition coefficient (Wildman–Crippen LogP) is -0.133. The third-order valence-electron chi connectivity index (χ3n) is 2.60. The quantitative estimate of drug-likeness (QED) is 0.735. The Labute approximate surface area is 89.0 Å².